The Kier molecular flexibility index (Phi) is 7.37. The molecule has 8 nitrogen and oxygen atoms in total. The van der Waals surface area contributed by atoms with E-state index in [2.05, 4.69) is 16.1 Å². The Morgan fingerprint density at radius 3 is 2.51 bits per heavy atom. The van der Waals surface area contributed by atoms with E-state index in [4.69, 9.17) is 19.3 Å². The minimum absolute atomic E-state index is 0.260. The largest absolute Gasteiger partial charge is 0.489 e. The smallest absolute Gasteiger partial charge is 0.410 e. The summed E-state index contributed by atoms with van der Waals surface area (Å²) >= 11 is 0. The number of carbonyl (C=O) groups excluding carboxylic acids is 1. The predicted molar refractivity (Wildman–Crippen MR) is 131 cm³/mol. The second-order valence-corrected chi connectivity index (χ2v) is 9.55. The maximum atomic E-state index is 12.2. The zero-order valence-electron chi connectivity index (χ0n) is 20.4. The van der Waals surface area contributed by atoms with Gasteiger partial charge in [0.25, 0.3) is 0 Å². The lowest BCUT2D eigenvalue weighted by Gasteiger charge is -2.35. The van der Waals surface area contributed by atoms with Crippen molar-refractivity contribution in [2.75, 3.05) is 26.2 Å². The van der Waals surface area contributed by atoms with E-state index in [1.54, 1.807) is 11.0 Å². The number of hydrogen-bond donors (Lipinski definition) is 0. The normalized spacial score (nSPS) is 14.4. The molecule has 1 fully saturated rings. The van der Waals surface area contributed by atoms with E-state index in [-0.39, 0.29) is 6.09 Å². The third kappa shape index (κ3) is 6.84. The fraction of sp³-hybridized carbons (Fsp3) is 0.370. The molecule has 0 aliphatic carbocycles. The van der Waals surface area contributed by atoms with Crippen molar-refractivity contribution in [3.8, 4) is 23.1 Å². The van der Waals surface area contributed by atoms with Crippen LogP contribution in [0, 0.1) is 11.3 Å². The highest BCUT2D eigenvalue weighted by Gasteiger charge is 2.26. The number of rotatable bonds is 6. The summed E-state index contributed by atoms with van der Waals surface area (Å²) in [5, 5.41) is 13.2. The number of amides is 1. The van der Waals surface area contributed by atoms with Crippen molar-refractivity contribution in [1.82, 2.24) is 15.0 Å². The molecule has 4 rings (SSSR count). The van der Waals surface area contributed by atoms with Gasteiger partial charge < -0.3 is 18.9 Å². The second-order valence-electron chi connectivity index (χ2n) is 9.55. The van der Waals surface area contributed by atoms with Crippen molar-refractivity contribution in [3.63, 3.8) is 0 Å². The summed E-state index contributed by atoms with van der Waals surface area (Å²) in [5.41, 5.74) is 2.84. The Morgan fingerprint density at radius 2 is 1.83 bits per heavy atom. The van der Waals surface area contributed by atoms with E-state index >= 15 is 0 Å². The number of carbonyl (C=O) groups is 1. The highest BCUT2D eigenvalue weighted by molar-refractivity contribution is 5.68. The second kappa shape index (κ2) is 10.6. The molecular weight excluding hydrogens is 444 g/mol. The molecule has 35 heavy (non-hydrogen) atoms. The summed E-state index contributed by atoms with van der Waals surface area (Å²) in [5.74, 6) is 1.43. The Bertz CT molecular complexity index is 1180. The third-order valence-electron chi connectivity index (χ3n) is 5.57. The first kappa shape index (κ1) is 24.3. The van der Waals surface area contributed by atoms with Gasteiger partial charge in [0.1, 0.15) is 18.0 Å². The lowest BCUT2D eigenvalue weighted by Crippen LogP contribution is -2.49. The number of nitriles is 1. The van der Waals surface area contributed by atoms with E-state index in [9.17, 15) is 4.79 Å². The minimum atomic E-state index is -0.486. The molecule has 0 saturated carbocycles. The van der Waals surface area contributed by atoms with Gasteiger partial charge in [-0.2, -0.15) is 5.26 Å². The average molecular weight is 475 g/mol. The number of nitrogens with zero attached hydrogens (tertiary/aromatic N) is 4. The first-order valence-corrected chi connectivity index (χ1v) is 11.7. The number of aromatic nitrogens is 1. The van der Waals surface area contributed by atoms with Crippen molar-refractivity contribution in [2.45, 2.75) is 39.5 Å². The molecule has 1 aliphatic heterocycles. The van der Waals surface area contributed by atoms with Crippen LogP contribution in [0.3, 0.4) is 0 Å². The Balaban J connectivity index is 1.27. The fourth-order valence-electron chi connectivity index (χ4n) is 3.78. The van der Waals surface area contributed by atoms with Crippen LogP contribution in [0.1, 0.15) is 37.6 Å². The van der Waals surface area contributed by atoms with Gasteiger partial charge in [-0.05, 0) is 62.7 Å². The van der Waals surface area contributed by atoms with Crippen molar-refractivity contribution in [3.05, 3.63) is 71.4 Å². The molecule has 0 unspecified atom stereocenters. The SMILES string of the molecule is CC(C)(C)OC(=O)N1CCN(Cc2cc(-c3ccc(OCc4cccc(C#N)c4)cc3)on2)CC1. The van der Waals surface area contributed by atoms with Crippen molar-refractivity contribution in [2.24, 2.45) is 0 Å². The van der Waals surface area contributed by atoms with E-state index < -0.39 is 5.60 Å². The van der Waals surface area contributed by atoms with E-state index in [0.717, 1.165) is 35.7 Å². The molecule has 0 N–H and O–H groups in total. The maximum Gasteiger partial charge on any atom is 0.410 e. The minimum Gasteiger partial charge on any atom is -0.489 e. The molecule has 0 radical (unpaired) electrons. The molecule has 0 bridgehead atoms. The summed E-state index contributed by atoms with van der Waals surface area (Å²) < 4.78 is 16.9. The fourth-order valence-corrected chi connectivity index (χ4v) is 3.78. The number of piperazine rings is 1. The van der Waals surface area contributed by atoms with Crippen LogP contribution in [-0.2, 0) is 17.9 Å². The molecule has 8 heteroatoms. The third-order valence-corrected chi connectivity index (χ3v) is 5.57. The molecule has 2 heterocycles. The van der Waals surface area contributed by atoms with Crippen LogP contribution >= 0.6 is 0 Å². The standard InChI is InChI=1S/C27H30N4O4/c1-27(2,3)34-26(32)31-13-11-30(12-14-31)18-23-16-25(35-29-23)22-7-9-24(10-8-22)33-19-21-6-4-5-20(15-21)17-28/h4-10,15-16H,11-14,18-19H2,1-3H3. The molecule has 1 aromatic heterocycles. The molecule has 0 spiro atoms. The van der Waals surface area contributed by atoms with Gasteiger partial charge in [-0.25, -0.2) is 4.79 Å². The monoisotopic (exact) mass is 474 g/mol. The predicted octanol–water partition coefficient (Wildman–Crippen LogP) is 4.84. The summed E-state index contributed by atoms with van der Waals surface area (Å²) in [6, 6.07) is 19.1. The van der Waals surface area contributed by atoms with Crippen LogP contribution < -0.4 is 4.74 Å². The first-order valence-electron chi connectivity index (χ1n) is 11.7. The quantitative estimate of drug-likeness (QED) is 0.504. The highest BCUT2D eigenvalue weighted by Crippen LogP contribution is 2.24. The lowest BCUT2D eigenvalue weighted by molar-refractivity contribution is 0.0137. The lowest BCUT2D eigenvalue weighted by atomic mass is 10.1. The van der Waals surface area contributed by atoms with Gasteiger partial charge >= 0.3 is 6.09 Å². The van der Waals surface area contributed by atoms with E-state index in [1.165, 1.54) is 0 Å². The molecule has 1 amide bonds. The molecule has 3 aromatic rings. The van der Waals surface area contributed by atoms with Crippen molar-refractivity contribution < 1.29 is 18.8 Å². The van der Waals surface area contributed by atoms with Gasteiger partial charge in [0.2, 0.25) is 0 Å². The maximum absolute atomic E-state index is 12.2. The topological polar surface area (TPSA) is 91.8 Å². The zero-order chi connectivity index (χ0) is 24.8. The van der Waals surface area contributed by atoms with Gasteiger partial charge in [0.05, 0.1) is 17.3 Å². The molecule has 1 aliphatic rings. The van der Waals surface area contributed by atoms with Crippen molar-refractivity contribution >= 4 is 6.09 Å². The molecule has 0 atom stereocenters. The van der Waals surface area contributed by atoms with Crippen LogP contribution in [0.4, 0.5) is 4.79 Å². The summed E-state index contributed by atoms with van der Waals surface area (Å²) in [6.45, 7) is 9.44. The van der Waals surface area contributed by atoms with Gasteiger partial charge in [0.15, 0.2) is 5.76 Å². The summed E-state index contributed by atoms with van der Waals surface area (Å²) in [6.07, 6.45) is -0.260. The Hall–Kier alpha value is -3.83. The highest BCUT2D eigenvalue weighted by atomic mass is 16.6. The van der Waals surface area contributed by atoms with Gasteiger partial charge in [-0.3, -0.25) is 4.90 Å². The van der Waals surface area contributed by atoms with Crippen LogP contribution in [0.15, 0.2) is 59.1 Å². The Labute approximate surface area is 205 Å². The summed E-state index contributed by atoms with van der Waals surface area (Å²) in [7, 11) is 0. The molecular formula is C27H30N4O4. The average Bonchev–Trinajstić information content (AvgIpc) is 3.31. The zero-order valence-corrected chi connectivity index (χ0v) is 20.4. The van der Waals surface area contributed by atoms with Crippen LogP contribution in [-0.4, -0.2) is 52.8 Å². The number of benzene rings is 2. The Morgan fingerprint density at radius 1 is 1.09 bits per heavy atom. The molecule has 1 saturated heterocycles. The molecule has 2 aromatic carbocycles. The van der Waals surface area contributed by atoms with Crippen LogP contribution in [0.5, 0.6) is 5.75 Å². The van der Waals surface area contributed by atoms with Crippen molar-refractivity contribution in [1.29, 1.82) is 5.26 Å². The van der Waals surface area contributed by atoms with Gasteiger partial charge in [-0.15, -0.1) is 0 Å². The summed E-state index contributed by atoms with van der Waals surface area (Å²) in [4.78, 5) is 16.2. The van der Waals surface area contributed by atoms with E-state index in [1.807, 2.05) is 69.3 Å². The van der Waals surface area contributed by atoms with Gasteiger partial charge in [-0.1, -0.05) is 17.3 Å². The van der Waals surface area contributed by atoms with Crippen LogP contribution in [0.25, 0.3) is 11.3 Å². The van der Waals surface area contributed by atoms with Crippen LogP contribution in [0.2, 0.25) is 0 Å². The van der Waals surface area contributed by atoms with E-state index in [0.29, 0.717) is 37.6 Å². The number of hydrogen-bond acceptors (Lipinski definition) is 7. The number of ether oxygens (including phenoxy) is 2. The first-order chi connectivity index (χ1) is 16.8. The van der Waals surface area contributed by atoms with Gasteiger partial charge in [0, 0.05) is 44.4 Å². The molecule has 182 valence electrons.